The smallest absolute Gasteiger partial charge is 0.282 e. The molecule has 0 unspecified atom stereocenters. The van der Waals surface area contributed by atoms with Crippen molar-refractivity contribution >= 4 is 28.1 Å². The van der Waals surface area contributed by atoms with Crippen LogP contribution < -0.4 is 10.3 Å². The zero-order valence-corrected chi connectivity index (χ0v) is 20.3. The minimum atomic E-state index is -0.255. The topological polar surface area (TPSA) is 69.6 Å². The van der Waals surface area contributed by atoms with Gasteiger partial charge in [0.25, 0.3) is 5.56 Å². The maximum Gasteiger partial charge on any atom is 0.282 e. The van der Waals surface area contributed by atoms with Crippen molar-refractivity contribution in [1.82, 2.24) is 9.66 Å². The number of nitrogens with zero attached hydrogens (tertiary/aromatic N) is 3. The summed E-state index contributed by atoms with van der Waals surface area (Å²) >= 11 is 0. The number of benzene rings is 3. The summed E-state index contributed by atoms with van der Waals surface area (Å²) in [5.41, 5.74) is 4.08. The maximum atomic E-state index is 13.5. The number of fused-ring (bicyclic) bond motifs is 2. The van der Waals surface area contributed by atoms with Gasteiger partial charge in [-0.25, -0.2) is 4.98 Å². The summed E-state index contributed by atoms with van der Waals surface area (Å²) in [5.74, 6) is 2.00. The lowest BCUT2D eigenvalue weighted by Gasteiger charge is -2.16. The number of aryl methyl sites for hydroxylation is 1. The molecule has 0 saturated carbocycles. The molecule has 0 saturated heterocycles. The second kappa shape index (κ2) is 9.22. The number of para-hydroxylation sites is 2. The van der Waals surface area contributed by atoms with Crippen LogP contribution in [0.2, 0.25) is 0 Å². The predicted octanol–water partition coefficient (Wildman–Crippen LogP) is 6.52. The van der Waals surface area contributed by atoms with E-state index < -0.39 is 0 Å². The van der Waals surface area contributed by atoms with Crippen LogP contribution in [0.25, 0.3) is 33.5 Å². The molecule has 176 valence electrons. The number of furan rings is 1. The van der Waals surface area contributed by atoms with Gasteiger partial charge in [0.2, 0.25) is 5.82 Å². The molecule has 0 amide bonds. The van der Waals surface area contributed by atoms with E-state index in [1.165, 1.54) is 4.68 Å². The van der Waals surface area contributed by atoms with Crippen molar-refractivity contribution in [2.24, 2.45) is 5.10 Å². The highest BCUT2D eigenvalue weighted by Crippen LogP contribution is 2.30. The second-order valence-electron chi connectivity index (χ2n) is 8.80. The van der Waals surface area contributed by atoms with Crippen molar-refractivity contribution in [3.8, 4) is 17.3 Å². The molecule has 35 heavy (non-hydrogen) atoms. The van der Waals surface area contributed by atoms with Crippen LogP contribution in [0, 0.1) is 6.92 Å². The number of rotatable bonds is 6. The molecule has 6 heteroatoms. The van der Waals surface area contributed by atoms with Crippen LogP contribution in [0.15, 0.2) is 81.0 Å². The Balaban J connectivity index is 1.69. The van der Waals surface area contributed by atoms with Crippen molar-refractivity contribution in [1.29, 1.82) is 0 Å². The van der Waals surface area contributed by atoms with Gasteiger partial charge in [-0.15, -0.1) is 0 Å². The fraction of sp³-hybridized carbons (Fsp3) is 0.207. The van der Waals surface area contributed by atoms with Crippen LogP contribution in [-0.2, 0) is 0 Å². The Labute approximate surface area is 203 Å². The average Bonchev–Trinajstić information content (AvgIpc) is 3.28. The van der Waals surface area contributed by atoms with Crippen LogP contribution in [0.3, 0.4) is 0 Å². The highest BCUT2D eigenvalue weighted by molar-refractivity contribution is 5.85. The van der Waals surface area contributed by atoms with Gasteiger partial charge in [-0.2, -0.15) is 9.78 Å². The summed E-state index contributed by atoms with van der Waals surface area (Å²) in [7, 11) is 0. The van der Waals surface area contributed by atoms with Gasteiger partial charge in [-0.3, -0.25) is 4.79 Å². The Morgan fingerprint density at radius 2 is 1.86 bits per heavy atom. The van der Waals surface area contributed by atoms with Gasteiger partial charge in [0.1, 0.15) is 11.3 Å². The minimum absolute atomic E-state index is 0.255. The van der Waals surface area contributed by atoms with Gasteiger partial charge in [-0.1, -0.05) is 44.2 Å². The fourth-order valence-corrected chi connectivity index (χ4v) is 4.19. The van der Waals surface area contributed by atoms with E-state index in [2.05, 4.69) is 25.0 Å². The van der Waals surface area contributed by atoms with Crippen LogP contribution in [0.5, 0.6) is 5.75 Å². The highest BCUT2D eigenvalue weighted by Gasteiger charge is 2.17. The predicted molar refractivity (Wildman–Crippen MR) is 141 cm³/mol. The Morgan fingerprint density at radius 1 is 1.09 bits per heavy atom. The molecular weight excluding hydrogens is 438 g/mol. The maximum absolute atomic E-state index is 13.5. The molecule has 6 nitrogen and oxygen atoms in total. The molecule has 0 N–H and O–H groups in total. The number of ether oxygens (including phenoxy) is 1. The largest absolute Gasteiger partial charge is 0.494 e. The summed E-state index contributed by atoms with van der Waals surface area (Å²) in [6.07, 6.45) is 1.71. The van der Waals surface area contributed by atoms with Gasteiger partial charge >= 0.3 is 0 Å². The molecular formula is C29H27N3O3. The van der Waals surface area contributed by atoms with E-state index in [1.807, 2.05) is 68.4 Å². The highest BCUT2D eigenvalue weighted by atomic mass is 16.5. The molecule has 0 atom stereocenters. The van der Waals surface area contributed by atoms with Gasteiger partial charge in [-0.05, 0) is 72.9 Å². The molecule has 5 aromatic rings. The molecule has 0 radical (unpaired) electrons. The Hall–Kier alpha value is -4.19. The summed E-state index contributed by atoms with van der Waals surface area (Å²) in [5, 5.41) is 6.06. The first-order valence-electron chi connectivity index (χ1n) is 11.8. The molecule has 5 rings (SSSR count). The van der Waals surface area contributed by atoms with Crippen molar-refractivity contribution in [3.63, 3.8) is 0 Å². The molecule has 0 fully saturated rings. The third-order valence-electron chi connectivity index (χ3n) is 6.03. The first kappa shape index (κ1) is 22.6. The van der Waals surface area contributed by atoms with Crippen LogP contribution in [-0.4, -0.2) is 22.5 Å². The monoisotopic (exact) mass is 465 g/mol. The average molecular weight is 466 g/mol. The third kappa shape index (κ3) is 4.23. The van der Waals surface area contributed by atoms with E-state index >= 15 is 0 Å². The minimum Gasteiger partial charge on any atom is -0.494 e. The van der Waals surface area contributed by atoms with Crippen LogP contribution in [0.1, 0.15) is 43.4 Å². The summed E-state index contributed by atoms with van der Waals surface area (Å²) in [6.45, 7) is 8.85. The normalized spacial score (nSPS) is 11.8. The Morgan fingerprint density at radius 3 is 2.63 bits per heavy atom. The Bertz CT molecular complexity index is 1590. The molecule has 0 aliphatic heterocycles. The van der Waals surface area contributed by atoms with Crippen molar-refractivity contribution < 1.29 is 9.15 Å². The summed E-state index contributed by atoms with van der Waals surface area (Å²) in [4.78, 5) is 18.3. The van der Waals surface area contributed by atoms with Gasteiger partial charge in [0.05, 0.1) is 23.7 Å². The van der Waals surface area contributed by atoms with E-state index in [4.69, 9.17) is 14.1 Å². The first-order valence-corrected chi connectivity index (χ1v) is 11.8. The fourth-order valence-electron chi connectivity index (χ4n) is 4.19. The van der Waals surface area contributed by atoms with E-state index in [0.717, 1.165) is 33.4 Å². The van der Waals surface area contributed by atoms with E-state index in [9.17, 15) is 4.79 Å². The van der Waals surface area contributed by atoms with Gasteiger partial charge in [0.15, 0.2) is 5.76 Å². The molecule has 2 aromatic heterocycles. The van der Waals surface area contributed by atoms with E-state index in [-0.39, 0.29) is 11.5 Å². The van der Waals surface area contributed by atoms with Gasteiger partial charge < -0.3 is 9.15 Å². The van der Waals surface area contributed by atoms with Crippen molar-refractivity contribution in [2.75, 3.05) is 6.61 Å². The summed E-state index contributed by atoms with van der Waals surface area (Å²) < 4.78 is 13.2. The van der Waals surface area contributed by atoms with Crippen LogP contribution >= 0.6 is 0 Å². The second-order valence-corrected chi connectivity index (χ2v) is 8.80. The summed E-state index contributed by atoms with van der Waals surface area (Å²) in [6, 6.07) is 21.0. The lowest BCUT2D eigenvalue weighted by molar-refractivity contribution is 0.335. The zero-order valence-electron chi connectivity index (χ0n) is 20.3. The third-order valence-corrected chi connectivity index (χ3v) is 6.03. The van der Waals surface area contributed by atoms with E-state index in [0.29, 0.717) is 29.1 Å². The molecule has 3 aromatic carbocycles. The van der Waals surface area contributed by atoms with E-state index in [1.54, 1.807) is 12.3 Å². The molecule has 0 bridgehead atoms. The van der Waals surface area contributed by atoms with Crippen molar-refractivity contribution in [3.05, 3.63) is 93.8 Å². The molecule has 2 heterocycles. The molecule has 0 aliphatic rings. The van der Waals surface area contributed by atoms with Gasteiger partial charge in [0, 0.05) is 5.39 Å². The van der Waals surface area contributed by atoms with Crippen LogP contribution in [0.4, 0.5) is 0 Å². The quantitative estimate of drug-likeness (QED) is 0.268. The van der Waals surface area contributed by atoms with Crippen molar-refractivity contribution in [2.45, 2.75) is 33.6 Å². The standard InChI is InChI=1S/C29H27N3O3/c1-5-34-26-14-19(4)21(15-23(26)18(2)3)17-30-32-28(27-16-20-10-6-9-13-25(20)35-27)31-24-12-8-7-11-22(24)29(32)33/h6-18H,5H2,1-4H3. The number of hydrogen-bond donors (Lipinski definition) is 0. The number of hydrogen-bond acceptors (Lipinski definition) is 5. The first-order chi connectivity index (χ1) is 17.0. The zero-order chi connectivity index (χ0) is 24.5. The molecule has 0 spiro atoms. The Kier molecular flexibility index (Phi) is 5.95. The molecule has 0 aliphatic carbocycles. The SMILES string of the molecule is CCOc1cc(C)c(C=Nn2c(-c3cc4ccccc4o3)nc3ccccc3c2=O)cc1C(C)C. The lowest BCUT2D eigenvalue weighted by Crippen LogP contribution is -2.20. The lowest BCUT2D eigenvalue weighted by atomic mass is 9.97. The number of aromatic nitrogens is 2.